The number of benzene rings is 1. The molecule has 1 aromatic carbocycles. The minimum absolute atomic E-state index is 0.800. The zero-order valence-corrected chi connectivity index (χ0v) is 11.6. The topological polar surface area (TPSA) is 37.8 Å². The first-order valence-electron chi connectivity index (χ1n) is 6.13. The zero-order valence-electron chi connectivity index (χ0n) is 11.6. The monoisotopic (exact) mass is 241 g/mol. The van der Waals surface area contributed by atoms with Crippen molar-refractivity contribution in [1.29, 1.82) is 0 Å². The van der Waals surface area contributed by atoms with Crippen LogP contribution in [0.5, 0.6) is 0 Å². The van der Waals surface area contributed by atoms with Crippen LogP contribution in [0.2, 0.25) is 0 Å². The van der Waals surface area contributed by atoms with E-state index in [1.165, 1.54) is 16.7 Å². The van der Waals surface area contributed by atoms with E-state index in [1.807, 2.05) is 20.0 Å². The molecule has 1 aromatic heterocycles. The Morgan fingerprint density at radius 3 is 2.06 bits per heavy atom. The number of aryl methyl sites for hydroxylation is 4. The molecule has 0 bridgehead atoms. The van der Waals surface area contributed by atoms with Crippen LogP contribution in [-0.2, 0) is 0 Å². The highest BCUT2D eigenvalue weighted by Crippen LogP contribution is 2.26. The van der Waals surface area contributed by atoms with E-state index in [0.29, 0.717) is 0 Å². The average Bonchev–Trinajstić information content (AvgIpc) is 2.26. The molecule has 2 aromatic rings. The third-order valence-electron chi connectivity index (χ3n) is 3.01. The minimum Gasteiger partial charge on any atom is -0.373 e. The molecule has 18 heavy (non-hydrogen) atoms. The van der Waals surface area contributed by atoms with Crippen molar-refractivity contribution in [1.82, 2.24) is 9.97 Å². The van der Waals surface area contributed by atoms with Gasteiger partial charge < -0.3 is 5.32 Å². The molecule has 0 unspecified atom stereocenters. The summed E-state index contributed by atoms with van der Waals surface area (Å²) in [5.41, 5.74) is 5.83. The lowest BCUT2D eigenvalue weighted by atomic mass is 9.99. The van der Waals surface area contributed by atoms with Crippen LogP contribution in [-0.4, -0.2) is 17.0 Å². The summed E-state index contributed by atoms with van der Waals surface area (Å²) in [7, 11) is 1.88. The van der Waals surface area contributed by atoms with Crippen molar-refractivity contribution in [3.05, 3.63) is 40.6 Å². The summed E-state index contributed by atoms with van der Waals surface area (Å²) < 4.78 is 0. The van der Waals surface area contributed by atoms with E-state index in [9.17, 15) is 0 Å². The second-order valence-electron chi connectivity index (χ2n) is 4.74. The molecule has 94 valence electrons. The summed E-state index contributed by atoms with van der Waals surface area (Å²) >= 11 is 0. The molecule has 0 aliphatic carbocycles. The number of rotatable bonds is 2. The van der Waals surface area contributed by atoms with Crippen LogP contribution >= 0.6 is 0 Å². The lowest BCUT2D eigenvalue weighted by Gasteiger charge is -2.12. The van der Waals surface area contributed by atoms with Gasteiger partial charge in [0.2, 0.25) is 0 Å². The van der Waals surface area contributed by atoms with Gasteiger partial charge in [0, 0.05) is 24.4 Å². The molecule has 3 heteroatoms. The third kappa shape index (κ3) is 2.35. The van der Waals surface area contributed by atoms with Crippen LogP contribution in [0, 0.1) is 27.7 Å². The summed E-state index contributed by atoms with van der Waals surface area (Å²) in [4.78, 5) is 9.10. The summed E-state index contributed by atoms with van der Waals surface area (Å²) in [5.74, 6) is 1.66. The first kappa shape index (κ1) is 12.6. The molecule has 1 heterocycles. The Balaban J connectivity index is 2.65. The van der Waals surface area contributed by atoms with Gasteiger partial charge in [0.1, 0.15) is 5.82 Å². The Bertz CT molecular complexity index is 565. The second kappa shape index (κ2) is 4.77. The highest BCUT2D eigenvalue weighted by molar-refractivity contribution is 5.66. The van der Waals surface area contributed by atoms with Gasteiger partial charge in [-0.15, -0.1) is 0 Å². The van der Waals surface area contributed by atoms with Crippen molar-refractivity contribution < 1.29 is 0 Å². The van der Waals surface area contributed by atoms with Crippen molar-refractivity contribution in [2.75, 3.05) is 12.4 Å². The van der Waals surface area contributed by atoms with Crippen molar-refractivity contribution in [2.45, 2.75) is 27.7 Å². The van der Waals surface area contributed by atoms with Crippen molar-refractivity contribution in [3.63, 3.8) is 0 Å². The number of hydrogen-bond acceptors (Lipinski definition) is 3. The molecule has 2 rings (SSSR count). The van der Waals surface area contributed by atoms with E-state index >= 15 is 0 Å². The number of hydrogen-bond donors (Lipinski definition) is 1. The van der Waals surface area contributed by atoms with Crippen LogP contribution in [0.4, 0.5) is 5.82 Å². The predicted octanol–water partition coefficient (Wildman–Crippen LogP) is 3.42. The van der Waals surface area contributed by atoms with Gasteiger partial charge in [0.25, 0.3) is 0 Å². The van der Waals surface area contributed by atoms with Crippen LogP contribution in [0.1, 0.15) is 22.4 Å². The van der Waals surface area contributed by atoms with Crippen molar-refractivity contribution in [3.8, 4) is 11.4 Å². The molecule has 0 fully saturated rings. The standard InChI is InChI=1S/C15H19N3/c1-9-6-10(2)14(11(3)7-9)15-17-12(4)8-13(16-5)18-15/h6-8H,1-5H3,(H,16,17,18). The molecule has 0 saturated carbocycles. The molecule has 0 radical (unpaired) electrons. The molecule has 0 spiro atoms. The maximum absolute atomic E-state index is 4.55. The molecular weight excluding hydrogens is 222 g/mol. The first-order valence-corrected chi connectivity index (χ1v) is 6.13. The molecular formula is C15H19N3. The summed E-state index contributed by atoms with van der Waals surface area (Å²) in [6.07, 6.45) is 0. The van der Waals surface area contributed by atoms with Crippen molar-refractivity contribution in [2.24, 2.45) is 0 Å². The molecule has 0 aliphatic heterocycles. The molecule has 0 atom stereocenters. The first-order chi connectivity index (χ1) is 8.51. The Labute approximate surface area is 108 Å². The van der Waals surface area contributed by atoms with Gasteiger partial charge in [-0.1, -0.05) is 17.7 Å². The van der Waals surface area contributed by atoms with Crippen molar-refractivity contribution >= 4 is 5.82 Å². The molecule has 0 saturated heterocycles. The average molecular weight is 241 g/mol. The summed E-state index contributed by atoms with van der Waals surface area (Å²) in [6.45, 7) is 8.32. The fourth-order valence-corrected chi connectivity index (χ4v) is 2.34. The fourth-order valence-electron chi connectivity index (χ4n) is 2.34. The van der Waals surface area contributed by atoms with Crippen LogP contribution in [0.3, 0.4) is 0 Å². The smallest absolute Gasteiger partial charge is 0.162 e. The number of nitrogens with zero attached hydrogens (tertiary/aromatic N) is 2. The molecule has 1 N–H and O–H groups in total. The highest BCUT2D eigenvalue weighted by atomic mass is 15.0. The zero-order chi connectivity index (χ0) is 13.3. The quantitative estimate of drug-likeness (QED) is 0.875. The highest BCUT2D eigenvalue weighted by Gasteiger charge is 2.10. The Morgan fingerprint density at radius 1 is 0.889 bits per heavy atom. The maximum atomic E-state index is 4.55. The molecule has 3 nitrogen and oxygen atoms in total. The second-order valence-corrected chi connectivity index (χ2v) is 4.74. The van der Waals surface area contributed by atoms with Crippen LogP contribution in [0.25, 0.3) is 11.4 Å². The Hall–Kier alpha value is -1.90. The predicted molar refractivity (Wildman–Crippen MR) is 76.0 cm³/mol. The normalized spacial score (nSPS) is 10.5. The van der Waals surface area contributed by atoms with Gasteiger partial charge in [-0.3, -0.25) is 0 Å². The van der Waals surface area contributed by atoms with Gasteiger partial charge in [0.05, 0.1) is 0 Å². The Kier molecular flexibility index (Phi) is 3.32. The van der Waals surface area contributed by atoms with E-state index in [-0.39, 0.29) is 0 Å². The van der Waals surface area contributed by atoms with Gasteiger partial charge >= 0.3 is 0 Å². The van der Waals surface area contributed by atoms with Gasteiger partial charge in [0.15, 0.2) is 5.82 Å². The number of anilines is 1. The van der Waals surface area contributed by atoms with E-state index in [2.05, 4.69) is 48.2 Å². The fraction of sp³-hybridized carbons (Fsp3) is 0.333. The van der Waals surface area contributed by atoms with E-state index < -0.39 is 0 Å². The lowest BCUT2D eigenvalue weighted by molar-refractivity contribution is 1.10. The van der Waals surface area contributed by atoms with Gasteiger partial charge in [-0.25, -0.2) is 9.97 Å². The lowest BCUT2D eigenvalue weighted by Crippen LogP contribution is -2.01. The van der Waals surface area contributed by atoms with Gasteiger partial charge in [-0.05, 0) is 38.8 Å². The summed E-state index contributed by atoms with van der Waals surface area (Å²) in [5, 5.41) is 3.08. The molecule has 0 amide bonds. The van der Waals surface area contributed by atoms with Gasteiger partial charge in [-0.2, -0.15) is 0 Å². The largest absolute Gasteiger partial charge is 0.373 e. The number of nitrogens with one attached hydrogen (secondary N) is 1. The van der Waals surface area contributed by atoms with E-state index in [4.69, 9.17) is 0 Å². The number of aromatic nitrogens is 2. The summed E-state index contributed by atoms with van der Waals surface area (Å²) in [6, 6.07) is 6.29. The third-order valence-corrected chi connectivity index (χ3v) is 3.01. The van der Waals surface area contributed by atoms with E-state index in [0.717, 1.165) is 22.9 Å². The van der Waals surface area contributed by atoms with Crippen LogP contribution in [0.15, 0.2) is 18.2 Å². The maximum Gasteiger partial charge on any atom is 0.162 e. The SMILES string of the molecule is CNc1cc(C)nc(-c2c(C)cc(C)cc2C)n1. The van der Waals surface area contributed by atoms with Crippen LogP contribution < -0.4 is 5.32 Å². The Morgan fingerprint density at radius 2 is 1.50 bits per heavy atom. The molecule has 0 aliphatic rings. The minimum atomic E-state index is 0.800. The van der Waals surface area contributed by atoms with E-state index in [1.54, 1.807) is 0 Å².